The maximum Gasteiger partial charge on any atom is 0.223 e. The molecule has 0 saturated heterocycles. The zero-order chi connectivity index (χ0) is 13.1. The summed E-state index contributed by atoms with van der Waals surface area (Å²) >= 11 is 1.46. The third kappa shape index (κ3) is 2.70. The van der Waals surface area contributed by atoms with Crippen LogP contribution >= 0.6 is 11.8 Å². The van der Waals surface area contributed by atoms with Crippen molar-refractivity contribution in [1.82, 2.24) is 9.97 Å². The smallest absolute Gasteiger partial charge is 0.223 e. The average molecular weight is 265 g/mol. The summed E-state index contributed by atoms with van der Waals surface area (Å²) in [4.78, 5) is 7.94. The molecule has 2 aromatic rings. The first-order chi connectivity index (χ1) is 8.60. The SMILES string of the molecule is CSc1cc(Oc2cc(C)c(N)cc2F)ncn1. The van der Waals surface area contributed by atoms with Crippen molar-refractivity contribution in [1.29, 1.82) is 0 Å². The van der Waals surface area contributed by atoms with Gasteiger partial charge in [-0.25, -0.2) is 14.4 Å². The highest BCUT2D eigenvalue weighted by atomic mass is 32.2. The van der Waals surface area contributed by atoms with Gasteiger partial charge >= 0.3 is 0 Å². The molecule has 1 aromatic carbocycles. The highest BCUT2D eigenvalue weighted by molar-refractivity contribution is 7.98. The number of hydrogen-bond donors (Lipinski definition) is 1. The number of nitrogens with zero attached hydrogens (tertiary/aromatic N) is 2. The van der Waals surface area contributed by atoms with Gasteiger partial charge in [-0.3, -0.25) is 0 Å². The van der Waals surface area contributed by atoms with E-state index in [1.54, 1.807) is 19.1 Å². The minimum absolute atomic E-state index is 0.104. The number of hydrogen-bond acceptors (Lipinski definition) is 5. The van der Waals surface area contributed by atoms with Crippen molar-refractivity contribution in [3.8, 4) is 11.6 Å². The largest absolute Gasteiger partial charge is 0.436 e. The first-order valence-electron chi connectivity index (χ1n) is 5.19. The van der Waals surface area contributed by atoms with Crippen molar-refractivity contribution in [3.63, 3.8) is 0 Å². The number of nitrogens with two attached hydrogens (primary N) is 1. The summed E-state index contributed by atoms with van der Waals surface area (Å²) < 4.78 is 19.0. The Morgan fingerprint density at radius 2 is 2.06 bits per heavy atom. The van der Waals surface area contributed by atoms with E-state index in [1.165, 1.54) is 24.2 Å². The van der Waals surface area contributed by atoms with Crippen LogP contribution in [0.15, 0.2) is 29.6 Å². The Bertz CT molecular complexity index is 577. The number of nitrogen functional groups attached to an aromatic ring is 1. The monoisotopic (exact) mass is 265 g/mol. The van der Waals surface area contributed by atoms with Crippen molar-refractivity contribution < 1.29 is 9.13 Å². The van der Waals surface area contributed by atoms with Gasteiger partial charge in [0, 0.05) is 17.8 Å². The first kappa shape index (κ1) is 12.6. The zero-order valence-electron chi connectivity index (χ0n) is 9.98. The van der Waals surface area contributed by atoms with Crippen LogP contribution in [0.3, 0.4) is 0 Å². The molecule has 18 heavy (non-hydrogen) atoms. The van der Waals surface area contributed by atoms with Gasteiger partial charge in [0.25, 0.3) is 0 Å². The molecule has 0 bridgehead atoms. The molecule has 0 fully saturated rings. The van der Waals surface area contributed by atoms with Crippen molar-refractivity contribution in [2.24, 2.45) is 0 Å². The zero-order valence-corrected chi connectivity index (χ0v) is 10.8. The number of ether oxygens (including phenoxy) is 1. The molecule has 6 heteroatoms. The molecule has 0 radical (unpaired) electrons. The van der Waals surface area contributed by atoms with Crippen molar-refractivity contribution >= 4 is 17.4 Å². The quantitative estimate of drug-likeness (QED) is 0.525. The lowest BCUT2D eigenvalue weighted by Crippen LogP contribution is -1.96. The molecule has 0 saturated carbocycles. The summed E-state index contributed by atoms with van der Waals surface area (Å²) in [6.45, 7) is 1.79. The maximum atomic E-state index is 13.6. The van der Waals surface area contributed by atoms with Gasteiger partial charge in [0.1, 0.15) is 11.4 Å². The summed E-state index contributed by atoms with van der Waals surface area (Å²) in [6, 6.07) is 4.43. The third-order valence-electron chi connectivity index (χ3n) is 2.36. The van der Waals surface area contributed by atoms with Gasteiger partial charge in [-0.15, -0.1) is 11.8 Å². The molecule has 2 N–H and O–H groups in total. The molecule has 0 aliphatic carbocycles. The average Bonchev–Trinajstić information content (AvgIpc) is 2.36. The summed E-state index contributed by atoms with van der Waals surface area (Å²) in [5, 5.41) is 0.757. The maximum absolute atomic E-state index is 13.6. The molecule has 0 amide bonds. The Kier molecular flexibility index (Phi) is 3.66. The Hall–Kier alpha value is -1.82. The van der Waals surface area contributed by atoms with Crippen LogP contribution in [0.2, 0.25) is 0 Å². The summed E-state index contributed by atoms with van der Waals surface area (Å²) in [6.07, 6.45) is 3.27. The van der Waals surface area contributed by atoms with Gasteiger partial charge in [-0.1, -0.05) is 0 Å². The second-order valence-electron chi connectivity index (χ2n) is 3.64. The van der Waals surface area contributed by atoms with E-state index in [1.807, 2.05) is 6.26 Å². The number of halogens is 1. The molecule has 1 heterocycles. The third-order valence-corrected chi connectivity index (χ3v) is 3.00. The lowest BCUT2D eigenvalue weighted by atomic mass is 10.2. The van der Waals surface area contributed by atoms with Crippen LogP contribution in [-0.4, -0.2) is 16.2 Å². The second-order valence-corrected chi connectivity index (χ2v) is 4.47. The van der Waals surface area contributed by atoms with E-state index in [2.05, 4.69) is 9.97 Å². The molecule has 1 aromatic heterocycles. The molecule has 0 atom stereocenters. The Morgan fingerprint density at radius 1 is 1.28 bits per heavy atom. The van der Waals surface area contributed by atoms with E-state index in [9.17, 15) is 4.39 Å². The van der Waals surface area contributed by atoms with Crippen LogP contribution in [0.1, 0.15) is 5.56 Å². The number of rotatable bonds is 3. The van der Waals surface area contributed by atoms with E-state index in [0.29, 0.717) is 11.6 Å². The van der Waals surface area contributed by atoms with Gasteiger partial charge in [-0.2, -0.15) is 0 Å². The van der Waals surface area contributed by atoms with Crippen molar-refractivity contribution in [2.45, 2.75) is 11.9 Å². The minimum Gasteiger partial charge on any atom is -0.436 e. The lowest BCUT2D eigenvalue weighted by Gasteiger charge is -2.08. The minimum atomic E-state index is -0.512. The number of benzene rings is 1. The van der Waals surface area contributed by atoms with E-state index in [-0.39, 0.29) is 5.75 Å². The molecular formula is C12H12FN3OS. The standard InChI is InChI=1S/C12H12FN3OS/c1-7-3-10(8(13)4-9(7)14)17-11-5-12(18-2)16-6-15-11/h3-6H,14H2,1-2H3. The predicted octanol–water partition coefficient (Wildman–Crippen LogP) is 3.02. The Balaban J connectivity index is 2.30. The van der Waals surface area contributed by atoms with Gasteiger partial charge in [0.2, 0.25) is 5.88 Å². The molecule has 0 unspecified atom stereocenters. The topological polar surface area (TPSA) is 61.0 Å². The van der Waals surface area contributed by atoms with Gasteiger partial charge in [0.15, 0.2) is 11.6 Å². The summed E-state index contributed by atoms with van der Waals surface area (Å²) in [7, 11) is 0. The van der Waals surface area contributed by atoms with E-state index >= 15 is 0 Å². The summed E-state index contributed by atoms with van der Waals surface area (Å²) in [5.41, 5.74) is 6.75. The molecule has 2 rings (SSSR count). The highest BCUT2D eigenvalue weighted by Crippen LogP contribution is 2.28. The number of thioether (sulfide) groups is 1. The fourth-order valence-electron chi connectivity index (χ4n) is 1.35. The first-order valence-corrected chi connectivity index (χ1v) is 6.42. The van der Waals surface area contributed by atoms with Gasteiger partial charge < -0.3 is 10.5 Å². The van der Waals surface area contributed by atoms with E-state index in [0.717, 1.165) is 10.6 Å². The number of anilines is 1. The van der Waals surface area contributed by atoms with Crippen LogP contribution in [-0.2, 0) is 0 Å². The molecule has 0 aliphatic heterocycles. The fraction of sp³-hybridized carbons (Fsp3) is 0.167. The van der Waals surface area contributed by atoms with Crippen molar-refractivity contribution in [2.75, 3.05) is 12.0 Å². The van der Waals surface area contributed by atoms with Crippen LogP contribution in [0.4, 0.5) is 10.1 Å². The lowest BCUT2D eigenvalue weighted by molar-refractivity contribution is 0.424. The molecule has 94 valence electrons. The van der Waals surface area contributed by atoms with Crippen LogP contribution in [0.5, 0.6) is 11.6 Å². The normalized spacial score (nSPS) is 10.4. The molecular weight excluding hydrogens is 253 g/mol. The fourth-order valence-corrected chi connectivity index (χ4v) is 1.72. The highest BCUT2D eigenvalue weighted by Gasteiger charge is 2.09. The number of aryl methyl sites for hydroxylation is 1. The van der Waals surface area contributed by atoms with Crippen molar-refractivity contribution in [3.05, 3.63) is 35.9 Å². The Labute approximate surface area is 108 Å². The van der Waals surface area contributed by atoms with E-state index in [4.69, 9.17) is 10.5 Å². The van der Waals surface area contributed by atoms with Gasteiger partial charge in [-0.05, 0) is 24.8 Å². The van der Waals surface area contributed by atoms with Crippen LogP contribution < -0.4 is 10.5 Å². The van der Waals surface area contributed by atoms with E-state index < -0.39 is 5.82 Å². The van der Waals surface area contributed by atoms with Crippen LogP contribution in [0.25, 0.3) is 0 Å². The number of aromatic nitrogens is 2. The second kappa shape index (κ2) is 5.22. The molecule has 0 aliphatic rings. The predicted molar refractivity (Wildman–Crippen MR) is 69.4 cm³/mol. The Morgan fingerprint density at radius 3 is 2.78 bits per heavy atom. The molecule has 4 nitrogen and oxygen atoms in total. The molecule has 0 spiro atoms. The summed E-state index contributed by atoms with van der Waals surface area (Å²) in [5.74, 6) is -0.104. The van der Waals surface area contributed by atoms with Crippen LogP contribution in [0, 0.1) is 12.7 Å². The van der Waals surface area contributed by atoms with Gasteiger partial charge in [0.05, 0.1) is 0 Å².